The fraction of sp³-hybridized carbons (Fsp3) is 0.167. The highest BCUT2D eigenvalue weighted by Crippen LogP contribution is 2.32. The fourth-order valence-electron chi connectivity index (χ4n) is 2.24. The van der Waals surface area contributed by atoms with Crippen molar-refractivity contribution < 1.29 is 9.59 Å². The number of amides is 1. The van der Waals surface area contributed by atoms with Gasteiger partial charge >= 0.3 is 0 Å². The zero-order chi connectivity index (χ0) is 17.9. The van der Waals surface area contributed by atoms with Gasteiger partial charge in [0, 0.05) is 21.3 Å². The largest absolute Gasteiger partial charge is 0.319 e. The minimum absolute atomic E-state index is 0.143. The van der Waals surface area contributed by atoms with E-state index in [2.05, 4.69) is 5.32 Å². The molecule has 0 aromatic heterocycles. The summed E-state index contributed by atoms with van der Waals surface area (Å²) in [5, 5.41) is 12.2. The average molecular weight is 361 g/mol. The molecule has 0 unspecified atom stereocenters. The summed E-state index contributed by atoms with van der Waals surface area (Å²) in [7, 11) is 0. The first-order chi connectivity index (χ1) is 11.4. The predicted molar refractivity (Wildman–Crippen MR) is 94.4 cm³/mol. The first kappa shape index (κ1) is 18.0. The molecule has 1 atom stereocenters. The summed E-state index contributed by atoms with van der Waals surface area (Å²) in [5.41, 5.74) is 2.49. The predicted octanol–water partition coefficient (Wildman–Crippen LogP) is 4.43. The molecule has 0 spiro atoms. The van der Waals surface area contributed by atoms with Gasteiger partial charge in [0.05, 0.1) is 6.07 Å². The van der Waals surface area contributed by atoms with E-state index < -0.39 is 17.6 Å². The maximum Gasteiger partial charge on any atom is 0.293 e. The van der Waals surface area contributed by atoms with Gasteiger partial charge < -0.3 is 5.32 Å². The molecule has 0 heterocycles. The molecule has 0 aliphatic rings. The van der Waals surface area contributed by atoms with Gasteiger partial charge in [-0.05, 0) is 43.2 Å². The molecular formula is C18H14Cl2N2O2. The summed E-state index contributed by atoms with van der Waals surface area (Å²) in [5.74, 6) is -3.16. The van der Waals surface area contributed by atoms with Crippen molar-refractivity contribution in [3.05, 3.63) is 63.1 Å². The van der Waals surface area contributed by atoms with Crippen LogP contribution in [0.25, 0.3) is 0 Å². The highest BCUT2D eigenvalue weighted by Gasteiger charge is 2.30. The molecule has 122 valence electrons. The Bertz CT molecular complexity index is 836. The molecule has 0 radical (unpaired) electrons. The van der Waals surface area contributed by atoms with Crippen molar-refractivity contribution in [1.29, 1.82) is 5.26 Å². The normalized spacial score (nSPS) is 11.5. The van der Waals surface area contributed by atoms with E-state index in [1.807, 2.05) is 26.0 Å². The average Bonchev–Trinajstić information content (AvgIpc) is 2.54. The van der Waals surface area contributed by atoms with Crippen molar-refractivity contribution in [3.8, 4) is 6.07 Å². The number of hydrogen-bond acceptors (Lipinski definition) is 3. The van der Waals surface area contributed by atoms with Crippen LogP contribution in [0, 0.1) is 25.2 Å². The SMILES string of the molecule is Cc1cccc(NC(=O)C(=O)[C@H](C#N)c2c(Cl)cccc2Cl)c1C. The number of benzene rings is 2. The molecule has 1 amide bonds. The number of nitriles is 1. The van der Waals surface area contributed by atoms with E-state index in [0.717, 1.165) is 11.1 Å². The molecule has 0 saturated heterocycles. The third kappa shape index (κ3) is 3.59. The van der Waals surface area contributed by atoms with Crippen molar-refractivity contribution in [2.75, 3.05) is 5.32 Å². The number of anilines is 1. The number of rotatable bonds is 4. The van der Waals surface area contributed by atoms with Crippen LogP contribution in [0.15, 0.2) is 36.4 Å². The van der Waals surface area contributed by atoms with E-state index in [-0.39, 0.29) is 15.6 Å². The summed E-state index contributed by atoms with van der Waals surface area (Å²) >= 11 is 12.1. The van der Waals surface area contributed by atoms with Crippen LogP contribution in [0.4, 0.5) is 5.69 Å². The van der Waals surface area contributed by atoms with Gasteiger partial charge in [0.1, 0.15) is 5.92 Å². The maximum absolute atomic E-state index is 12.4. The molecule has 0 bridgehead atoms. The lowest BCUT2D eigenvalue weighted by molar-refractivity contribution is -0.135. The lowest BCUT2D eigenvalue weighted by atomic mass is 9.95. The highest BCUT2D eigenvalue weighted by molar-refractivity contribution is 6.44. The van der Waals surface area contributed by atoms with Crippen molar-refractivity contribution in [2.45, 2.75) is 19.8 Å². The maximum atomic E-state index is 12.4. The number of nitrogens with zero attached hydrogens (tertiary/aromatic N) is 1. The smallest absolute Gasteiger partial charge is 0.293 e. The molecule has 0 fully saturated rings. The molecule has 4 nitrogen and oxygen atoms in total. The Kier molecular flexibility index (Phi) is 5.61. The van der Waals surface area contributed by atoms with Crippen LogP contribution in [0.5, 0.6) is 0 Å². The number of carbonyl (C=O) groups is 2. The summed E-state index contributed by atoms with van der Waals surface area (Å²) in [6.45, 7) is 3.73. The van der Waals surface area contributed by atoms with Crippen molar-refractivity contribution >= 4 is 40.6 Å². The number of halogens is 2. The monoisotopic (exact) mass is 360 g/mol. The molecular weight excluding hydrogens is 347 g/mol. The second kappa shape index (κ2) is 7.48. The van der Waals surface area contributed by atoms with Crippen LogP contribution in [0.1, 0.15) is 22.6 Å². The zero-order valence-corrected chi connectivity index (χ0v) is 14.6. The van der Waals surface area contributed by atoms with E-state index in [4.69, 9.17) is 23.2 Å². The van der Waals surface area contributed by atoms with Gasteiger partial charge in [0.2, 0.25) is 5.78 Å². The minimum atomic E-state index is -1.36. The van der Waals surface area contributed by atoms with E-state index in [0.29, 0.717) is 5.69 Å². The van der Waals surface area contributed by atoms with Crippen LogP contribution in [-0.2, 0) is 9.59 Å². The van der Waals surface area contributed by atoms with Gasteiger partial charge in [-0.15, -0.1) is 0 Å². The summed E-state index contributed by atoms with van der Waals surface area (Å²) < 4.78 is 0. The number of hydrogen-bond donors (Lipinski definition) is 1. The van der Waals surface area contributed by atoms with Gasteiger partial charge in [-0.1, -0.05) is 41.4 Å². The molecule has 24 heavy (non-hydrogen) atoms. The summed E-state index contributed by atoms with van der Waals surface area (Å²) in [6, 6.07) is 11.8. The summed E-state index contributed by atoms with van der Waals surface area (Å²) in [6.07, 6.45) is 0. The quantitative estimate of drug-likeness (QED) is 0.820. The molecule has 6 heteroatoms. The fourth-order valence-corrected chi connectivity index (χ4v) is 2.86. The third-order valence-corrected chi connectivity index (χ3v) is 4.42. The van der Waals surface area contributed by atoms with E-state index in [1.54, 1.807) is 18.2 Å². The van der Waals surface area contributed by atoms with Crippen LogP contribution >= 0.6 is 23.2 Å². The Hall–Kier alpha value is -2.35. The molecule has 2 aromatic carbocycles. The highest BCUT2D eigenvalue weighted by atomic mass is 35.5. The molecule has 1 N–H and O–H groups in total. The lowest BCUT2D eigenvalue weighted by Crippen LogP contribution is -2.28. The Balaban J connectivity index is 2.31. The van der Waals surface area contributed by atoms with Gasteiger partial charge in [0.15, 0.2) is 0 Å². The Morgan fingerprint density at radius 2 is 1.67 bits per heavy atom. The van der Waals surface area contributed by atoms with Crippen LogP contribution in [0.2, 0.25) is 10.0 Å². The van der Waals surface area contributed by atoms with E-state index in [9.17, 15) is 14.9 Å². The van der Waals surface area contributed by atoms with Crippen molar-refractivity contribution in [3.63, 3.8) is 0 Å². The van der Waals surface area contributed by atoms with Gasteiger partial charge in [-0.3, -0.25) is 9.59 Å². The van der Waals surface area contributed by atoms with Crippen LogP contribution in [-0.4, -0.2) is 11.7 Å². The Morgan fingerprint density at radius 3 is 2.25 bits per heavy atom. The van der Waals surface area contributed by atoms with Gasteiger partial charge in [0.25, 0.3) is 5.91 Å². The molecule has 2 aromatic rings. The Labute approximate surface area is 150 Å². The first-order valence-electron chi connectivity index (χ1n) is 7.11. The van der Waals surface area contributed by atoms with Crippen LogP contribution < -0.4 is 5.32 Å². The second-order valence-electron chi connectivity index (χ2n) is 5.26. The number of aryl methyl sites for hydroxylation is 1. The van der Waals surface area contributed by atoms with Crippen molar-refractivity contribution in [1.82, 2.24) is 0 Å². The third-order valence-electron chi connectivity index (χ3n) is 3.76. The van der Waals surface area contributed by atoms with Gasteiger partial charge in [-0.2, -0.15) is 5.26 Å². The zero-order valence-electron chi connectivity index (χ0n) is 13.1. The van der Waals surface area contributed by atoms with E-state index >= 15 is 0 Å². The van der Waals surface area contributed by atoms with Gasteiger partial charge in [-0.25, -0.2) is 0 Å². The molecule has 0 aliphatic heterocycles. The number of Topliss-reactive ketones (excluding diaryl/α,β-unsaturated/α-hetero) is 1. The number of nitrogens with one attached hydrogen (secondary N) is 1. The topological polar surface area (TPSA) is 70.0 Å². The van der Waals surface area contributed by atoms with Crippen LogP contribution in [0.3, 0.4) is 0 Å². The van der Waals surface area contributed by atoms with Crippen molar-refractivity contribution in [2.24, 2.45) is 0 Å². The lowest BCUT2D eigenvalue weighted by Gasteiger charge is -2.13. The molecule has 2 rings (SSSR count). The van der Waals surface area contributed by atoms with E-state index in [1.165, 1.54) is 12.1 Å². The molecule has 0 aliphatic carbocycles. The number of carbonyl (C=O) groups excluding carboxylic acids is 2. The number of ketones is 1. The second-order valence-corrected chi connectivity index (χ2v) is 6.08. The first-order valence-corrected chi connectivity index (χ1v) is 7.87. The standard InChI is InChI=1S/C18H14Cl2N2O2/c1-10-5-3-8-15(11(10)2)22-18(24)17(23)12(9-21)16-13(19)6-4-7-14(16)20/h3-8,12H,1-2H3,(H,22,24)/t12-/m1/s1. The minimum Gasteiger partial charge on any atom is -0.319 e. The molecule has 0 saturated carbocycles. The summed E-state index contributed by atoms with van der Waals surface area (Å²) in [4.78, 5) is 24.7. The Morgan fingerprint density at radius 1 is 1.08 bits per heavy atom.